The van der Waals surface area contributed by atoms with Crippen LogP contribution in [-0.4, -0.2) is 44.1 Å². The van der Waals surface area contributed by atoms with Gasteiger partial charge < -0.3 is 5.11 Å². The smallest absolute Gasteiger partial charge is 0.264 e. The molecule has 0 aliphatic heterocycles. The molecule has 0 amide bonds. The van der Waals surface area contributed by atoms with Gasteiger partial charge in [-0.15, -0.1) is 0 Å². The van der Waals surface area contributed by atoms with E-state index in [1.807, 2.05) is 6.08 Å². The van der Waals surface area contributed by atoms with Crippen molar-refractivity contribution in [1.82, 2.24) is 0 Å². The largest absolute Gasteiger partial charge is 0.393 e. The molecule has 0 aromatic carbocycles. The molecule has 0 bridgehead atoms. The molecular formula is C23H32O6S. The van der Waals surface area contributed by atoms with E-state index in [2.05, 4.69) is 20.8 Å². The molecule has 30 heavy (non-hydrogen) atoms. The van der Waals surface area contributed by atoms with Gasteiger partial charge in [-0.3, -0.25) is 13.8 Å². The highest BCUT2D eigenvalue weighted by Gasteiger charge is 2.64. The minimum absolute atomic E-state index is 0.0158. The molecule has 0 unspecified atom stereocenters. The first-order chi connectivity index (χ1) is 13.9. The quantitative estimate of drug-likeness (QED) is 0.681. The predicted molar refractivity (Wildman–Crippen MR) is 112 cm³/mol. The minimum atomic E-state index is -3.68. The van der Waals surface area contributed by atoms with Crippen molar-refractivity contribution in [3.05, 3.63) is 23.8 Å². The first kappa shape index (κ1) is 21.9. The van der Waals surface area contributed by atoms with Gasteiger partial charge in [0, 0.05) is 17.3 Å². The Bertz CT molecular complexity index is 933. The molecule has 4 aliphatic carbocycles. The van der Waals surface area contributed by atoms with Crippen LogP contribution in [0.25, 0.3) is 0 Å². The third-order valence-corrected chi connectivity index (χ3v) is 9.14. The van der Waals surface area contributed by atoms with E-state index in [-0.39, 0.29) is 52.0 Å². The average Bonchev–Trinajstić information content (AvgIpc) is 2.89. The van der Waals surface area contributed by atoms with Crippen LogP contribution >= 0.6 is 0 Å². The Morgan fingerprint density at radius 2 is 2.03 bits per heavy atom. The number of allylic oxidation sites excluding steroid dienone is 4. The Morgan fingerprint density at radius 3 is 2.70 bits per heavy atom. The molecule has 4 rings (SSSR count). The van der Waals surface area contributed by atoms with E-state index in [1.165, 1.54) is 0 Å². The van der Waals surface area contributed by atoms with Crippen LogP contribution in [0.1, 0.15) is 46.5 Å². The zero-order valence-electron chi connectivity index (χ0n) is 18.1. The van der Waals surface area contributed by atoms with Gasteiger partial charge in [-0.05, 0) is 61.0 Å². The van der Waals surface area contributed by atoms with Gasteiger partial charge in [-0.2, -0.15) is 8.42 Å². The Labute approximate surface area is 178 Å². The van der Waals surface area contributed by atoms with Crippen LogP contribution in [0, 0.1) is 40.4 Å². The maximum atomic E-state index is 13.0. The molecule has 0 saturated heterocycles. The molecule has 0 aromatic heterocycles. The summed E-state index contributed by atoms with van der Waals surface area (Å²) in [6.07, 6.45) is 8.83. The summed E-state index contributed by atoms with van der Waals surface area (Å²) in [5.41, 5.74) is 0.394. The summed E-state index contributed by atoms with van der Waals surface area (Å²) < 4.78 is 27.6. The SMILES string of the molecule is C[C@@H]1C[C@H]2[C@@H]3CCC4=CC(=O)C=C[C@]4(C)[C@H]3[C@@H](O)C[C@]2(C)[C@H]1C(=O)COS(C)(=O)=O. The number of carbonyl (C=O) groups is 2. The summed E-state index contributed by atoms with van der Waals surface area (Å²) in [6, 6.07) is 0. The van der Waals surface area contributed by atoms with E-state index in [4.69, 9.17) is 4.18 Å². The Balaban J connectivity index is 1.65. The molecule has 8 atom stereocenters. The summed E-state index contributed by atoms with van der Waals surface area (Å²) in [4.78, 5) is 24.9. The number of fused-ring (bicyclic) bond motifs is 5. The van der Waals surface area contributed by atoms with E-state index in [0.29, 0.717) is 6.42 Å². The van der Waals surface area contributed by atoms with Crippen molar-refractivity contribution in [2.75, 3.05) is 12.9 Å². The number of hydrogen-bond donors (Lipinski definition) is 1. The second-order valence-electron chi connectivity index (χ2n) is 10.4. The molecule has 0 radical (unpaired) electrons. The molecule has 4 aliphatic rings. The molecule has 166 valence electrons. The van der Waals surface area contributed by atoms with Crippen molar-refractivity contribution < 1.29 is 27.3 Å². The third kappa shape index (κ3) is 3.33. The van der Waals surface area contributed by atoms with Gasteiger partial charge >= 0.3 is 0 Å². The van der Waals surface area contributed by atoms with Crippen LogP contribution in [0.5, 0.6) is 0 Å². The number of ketones is 2. The van der Waals surface area contributed by atoms with Gasteiger partial charge in [0.1, 0.15) is 6.61 Å². The number of aliphatic hydroxyl groups is 1. The average molecular weight is 437 g/mol. The number of Topliss-reactive ketones (excluding diaryl/α,β-unsaturated/α-hetero) is 1. The Hall–Kier alpha value is -1.31. The maximum absolute atomic E-state index is 13.0. The summed E-state index contributed by atoms with van der Waals surface area (Å²) in [5.74, 6) is 0.167. The molecule has 6 nitrogen and oxygen atoms in total. The van der Waals surface area contributed by atoms with Crippen molar-refractivity contribution in [2.45, 2.75) is 52.6 Å². The Morgan fingerprint density at radius 1 is 1.33 bits per heavy atom. The summed E-state index contributed by atoms with van der Waals surface area (Å²) in [5, 5.41) is 11.3. The normalized spacial score (nSPS) is 45.4. The standard InChI is InChI=1S/C23H32O6S/c1-13-9-17-16-6-5-14-10-15(24)7-8-22(14,2)21(16)18(25)11-23(17,3)20(13)19(26)12-29-30(4,27)28/h7-8,10,13,16-18,20-21,25H,5-6,9,11-12H2,1-4H3/t13-,16+,17+,18+,20-,21-,22+,23+/m1/s1. The zero-order valence-corrected chi connectivity index (χ0v) is 18.9. The van der Waals surface area contributed by atoms with E-state index in [1.54, 1.807) is 12.2 Å². The molecule has 3 fully saturated rings. The Kier molecular flexibility index (Phi) is 5.19. The monoisotopic (exact) mass is 436 g/mol. The maximum Gasteiger partial charge on any atom is 0.264 e. The summed E-state index contributed by atoms with van der Waals surface area (Å²) >= 11 is 0. The fourth-order valence-electron chi connectivity index (χ4n) is 7.63. The lowest BCUT2D eigenvalue weighted by Gasteiger charge is -2.58. The lowest BCUT2D eigenvalue weighted by atomic mass is 9.46. The molecule has 1 N–H and O–H groups in total. The number of carbonyl (C=O) groups excluding carboxylic acids is 2. The summed E-state index contributed by atoms with van der Waals surface area (Å²) in [7, 11) is -3.68. The van der Waals surface area contributed by atoms with Crippen molar-refractivity contribution in [3.63, 3.8) is 0 Å². The van der Waals surface area contributed by atoms with Crippen LogP contribution in [0.4, 0.5) is 0 Å². The van der Waals surface area contributed by atoms with Crippen molar-refractivity contribution >= 4 is 21.7 Å². The van der Waals surface area contributed by atoms with Gasteiger partial charge in [0.15, 0.2) is 11.6 Å². The topological polar surface area (TPSA) is 97.7 Å². The molecule has 0 aromatic rings. The number of rotatable bonds is 4. The van der Waals surface area contributed by atoms with E-state index < -0.39 is 22.8 Å². The minimum Gasteiger partial charge on any atom is -0.393 e. The van der Waals surface area contributed by atoms with Crippen LogP contribution in [0.3, 0.4) is 0 Å². The van der Waals surface area contributed by atoms with Crippen LogP contribution < -0.4 is 0 Å². The van der Waals surface area contributed by atoms with Crippen LogP contribution in [0.2, 0.25) is 0 Å². The number of aliphatic hydroxyl groups excluding tert-OH is 1. The van der Waals surface area contributed by atoms with Gasteiger partial charge in [0.05, 0.1) is 12.4 Å². The van der Waals surface area contributed by atoms with Gasteiger partial charge in [-0.1, -0.05) is 32.4 Å². The van der Waals surface area contributed by atoms with Crippen LogP contribution in [-0.2, 0) is 23.9 Å². The third-order valence-electron chi connectivity index (χ3n) is 8.60. The van der Waals surface area contributed by atoms with Crippen molar-refractivity contribution in [3.8, 4) is 0 Å². The lowest BCUT2D eigenvalue weighted by molar-refractivity contribution is -0.141. The highest BCUT2D eigenvalue weighted by atomic mass is 32.2. The predicted octanol–water partition coefficient (Wildman–Crippen LogP) is 2.67. The van der Waals surface area contributed by atoms with E-state index in [9.17, 15) is 23.1 Å². The van der Waals surface area contributed by atoms with E-state index >= 15 is 0 Å². The van der Waals surface area contributed by atoms with Crippen molar-refractivity contribution in [2.24, 2.45) is 40.4 Å². The molecule has 0 spiro atoms. The number of hydrogen-bond acceptors (Lipinski definition) is 6. The van der Waals surface area contributed by atoms with Gasteiger partial charge in [0.2, 0.25) is 0 Å². The lowest BCUT2D eigenvalue weighted by Crippen LogP contribution is -2.56. The molecular weight excluding hydrogens is 404 g/mol. The fourth-order valence-corrected chi connectivity index (χ4v) is 7.96. The van der Waals surface area contributed by atoms with E-state index in [0.717, 1.165) is 31.1 Å². The second-order valence-corrected chi connectivity index (χ2v) is 12.1. The first-order valence-corrected chi connectivity index (χ1v) is 12.7. The van der Waals surface area contributed by atoms with Crippen LogP contribution in [0.15, 0.2) is 23.8 Å². The van der Waals surface area contributed by atoms with Gasteiger partial charge in [0.25, 0.3) is 10.1 Å². The second kappa shape index (κ2) is 7.10. The first-order valence-electron chi connectivity index (χ1n) is 10.9. The fraction of sp³-hybridized carbons (Fsp3) is 0.739. The van der Waals surface area contributed by atoms with Gasteiger partial charge in [-0.25, -0.2) is 0 Å². The molecule has 0 heterocycles. The van der Waals surface area contributed by atoms with Crippen molar-refractivity contribution in [1.29, 1.82) is 0 Å². The molecule has 7 heteroatoms. The zero-order chi connectivity index (χ0) is 22.1. The summed E-state index contributed by atoms with van der Waals surface area (Å²) in [6.45, 7) is 5.85. The molecule has 3 saturated carbocycles. The highest BCUT2D eigenvalue weighted by Crippen LogP contribution is 2.67. The highest BCUT2D eigenvalue weighted by molar-refractivity contribution is 7.86.